The molecule has 1 aliphatic rings. The topological polar surface area (TPSA) is 92.9 Å². The fraction of sp³-hybridized carbons (Fsp3) is 0.407. The van der Waals surface area contributed by atoms with Crippen molar-refractivity contribution >= 4 is 22.7 Å². The largest absolute Gasteiger partial charge is 0.324 e. The molecule has 0 bridgehead atoms. The first-order valence-corrected chi connectivity index (χ1v) is 12.8. The Morgan fingerprint density at radius 3 is 2.78 bits per heavy atom. The number of rotatable bonds is 8. The molecule has 9 heteroatoms. The molecule has 188 valence electrons. The highest BCUT2D eigenvalue weighted by Gasteiger charge is 2.19. The summed E-state index contributed by atoms with van der Waals surface area (Å²) in [7, 11) is 0. The van der Waals surface area contributed by atoms with E-state index in [1.165, 1.54) is 11.1 Å². The normalized spacial score (nSPS) is 13.5. The first-order valence-electron chi connectivity index (χ1n) is 12.8. The van der Waals surface area contributed by atoms with E-state index in [-0.39, 0.29) is 5.56 Å². The molecule has 0 fully saturated rings. The number of nitrogens with zero attached hydrogens (tertiary/aromatic N) is 6. The van der Waals surface area contributed by atoms with Crippen LogP contribution in [0.25, 0.3) is 16.9 Å². The molecular weight excluding hydrogens is 452 g/mol. The van der Waals surface area contributed by atoms with Crippen molar-refractivity contribution in [1.29, 1.82) is 0 Å². The minimum absolute atomic E-state index is 0.120. The second kappa shape index (κ2) is 10.2. The average molecular weight is 487 g/mol. The molecular formula is C27H34N8O. The third kappa shape index (κ3) is 4.64. The monoisotopic (exact) mass is 486 g/mol. The van der Waals surface area contributed by atoms with Gasteiger partial charge in [0.2, 0.25) is 5.95 Å². The van der Waals surface area contributed by atoms with Crippen molar-refractivity contribution < 1.29 is 0 Å². The van der Waals surface area contributed by atoms with Crippen LogP contribution in [0.3, 0.4) is 0 Å². The van der Waals surface area contributed by atoms with Gasteiger partial charge in [-0.2, -0.15) is 4.98 Å². The van der Waals surface area contributed by atoms with Gasteiger partial charge in [0.05, 0.1) is 5.69 Å². The number of hydrogen-bond acceptors (Lipinski definition) is 7. The van der Waals surface area contributed by atoms with Crippen LogP contribution in [0, 0.1) is 0 Å². The van der Waals surface area contributed by atoms with Gasteiger partial charge in [0.1, 0.15) is 5.39 Å². The van der Waals surface area contributed by atoms with Crippen LogP contribution < -0.4 is 16.2 Å². The van der Waals surface area contributed by atoms with Crippen LogP contribution in [0.15, 0.2) is 47.4 Å². The predicted molar refractivity (Wildman–Crippen MR) is 143 cm³/mol. The maximum Gasteiger partial charge on any atom is 0.278 e. The van der Waals surface area contributed by atoms with Gasteiger partial charge < -0.3 is 10.6 Å². The first-order chi connectivity index (χ1) is 17.5. The van der Waals surface area contributed by atoms with E-state index >= 15 is 0 Å². The summed E-state index contributed by atoms with van der Waals surface area (Å²) in [6.45, 7) is 12.5. The second-order valence-electron chi connectivity index (χ2n) is 9.44. The molecule has 0 atom stereocenters. The Labute approximate surface area is 211 Å². The summed E-state index contributed by atoms with van der Waals surface area (Å²) in [6.07, 6.45) is 2.61. The van der Waals surface area contributed by atoms with E-state index < -0.39 is 0 Å². The molecule has 4 aromatic rings. The third-order valence-corrected chi connectivity index (χ3v) is 6.83. The van der Waals surface area contributed by atoms with Gasteiger partial charge >= 0.3 is 0 Å². The Bertz CT molecular complexity index is 1440. The zero-order valence-electron chi connectivity index (χ0n) is 21.5. The smallest absolute Gasteiger partial charge is 0.278 e. The number of aromatic nitrogens is 5. The van der Waals surface area contributed by atoms with Crippen molar-refractivity contribution in [2.45, 2.75) is 59.8 Å². The minimum Gasteiger partial charge on any atom is -0.324 e. The average Bonchev–Trinajstić information content (AvgIpc) is 3.18. The van der Waals surface area contributed by atoms with Gasteiger partial charge in [-0.15, -0.1) is 0 Å². The predicted octanol–water partition coefficient (Wildman–Crippen LogP) is 3.62. The van der Waals surface area contributed by atoms with Crippen molar-refractivity contribution in [2.24, 2.45) is 0 Å². The van der Waals surface area contributed by atoms with Gasteiger partial charge in [0.15, 0.2) is 11.5 Å². The van der Waals surface area contributed by atoms with Gasteiger partial charge in [0, 0.05) is 37.6 Å². The van der Waals surface area contributed by atoms with E-state index in [1.54, 1.807) is 10.9 Å². The summed E-state index contributed by atoms with van der Waals surface area (Å²) in [5, 5.41) is 7.21. The Morgan fingerprint density at radius 1 is 1.14 bits per heavy atom. The molecule has 0 saturated carbocycles. The van der Waals surface area contributed by atoms with Crippen LogP contribution in [0.1, 0.15) is 44.5 Å². The third-order valence-electron chi connectivity index (χ3n) is 6.83. The lowest BCUT2D eigenvalue weighted by Crippen LogP contribution is -2.30. The maximum absolute atomic E-state index is 13.2. The van der Waals surface area contributed by atoms with Gasteiger partial charge in [-0.3, -0.25) is 9.69 Å². The highest BCUT2D eigenvalue weighted by molar-refractivity contribution is 5.77. The fourth-order valence-corrected chi connectivity index (χ4v) is 4.83. The van der Waals surface area contributed by atoms with Gasteiger partial charge in [-0.25, -0.2) is 19.3 Å². The molecule has 0 saturated heterocycles. The summed E-state index contributed by atoms with van der Waals surface area (Å²) in [4.78, 5) is 29.7. The SMILES string of the molecule is CCN(Cc1cccc(-n2c3nc(Nc4ccc5c(c4)CCNC5)ncc3c(=O)n2CC)n1)C(C)C. The Balaban J connectivity index is 1.54. The molecule has 1 aliphatic heterocycles. The molecule has 36 heavy (non-hydrogen) atoms. The number of anilines is 2. The molecule has 9 nitrogen and oxygen atoms in total. The first kappa shape index (κ1) is 24.1. The highest BCUT2D eigenvalue weighted by Crippen LogP contribution is 2.22. The number of benzene rings is 1. The van der Waals surface area contributed by atoms with Crippen molar-refractivity contribution in [3.05, 3.63) is 69.8 Å². The molecule has 4 heterocycles. The molecule has 0 amide bonds. The minimum atomic E-state index is -0.120. The molecule has 0 aliphatic carbocycles. The lowest BCUT2D eigenvalue weighted by Gasteiger charge is -2.24. The summed E-state index contributed by atoms with van der Waals surface area (Å²) in [6, 6.07) is 12.7. The number of pyridine rings is 1. The van der Waals surface area contributed by atoms with Gasteiger partial charge in [-0.1, -0.05) is 19.1 Å². The number of nitrogens with one attached hydrogen (secondary N) is 2. The van der Waals surface area contributed by atoms with E-state index in [0.717, 1.165) is 44.0 Å². The Morgan fingerprint density at radius 2 is 2.00 bits per heavy atom. The van der Waals surface area contributed by atoms with Crippen molar-refractivity contribution in [2.75, 3.05) is 18.4 Å². The number of hydrogen-bond donors (Lipinski definition) is 2. The molecule has 0 unspecified atom stereocenters. The summed E-state index contributed by atoms with van der Waals surface area (Å²) >= 11 is 0. The summed E-state index contributed by atoms with van der Waals surface area (Å²) in [5.74, 6) is 1.12. The lowest BCUT2D eigenvalue weighted by molar-refractivity contribution is 0.222. The fourth-order valence-electron chi connectivity index (χ4n) is 4.83. The molecule has 5 rings (SSSR count). The van der Waals surface area contributed by atoms with Crippen LogP contribution in [0.2, 0.25) is 0 Å². The van der Waals surface area contributed by atoms with E-state index in [1.807, 2.05) is 35.9 Å². The molecule has 3 aromatic heterocycles. The van der Waals surface area contributed by atoms with Crippen LogP contribution >= 0.6 is 0 Å². The zero-order valence-corrected chi connectivity index (χ0v) is 21.5. The Kier molecular flexibility index (Phi) is 6.84. The lowest BCUT2D eigenvalue weighted by atomic mass is 10.0. The van der Waals surface area contributed by atoms with Crippen molar-refractivity contribution in [3.8, 4) is 5.82 Å². The summed E-state index contributed by atoms with van der Waals surface area (Å²) in [5.41, 5.74) is 4.97. The maximum atomic E-state index is 13.2. The van der Waals surface area contributed by atoms with Crippen LogP contribution in [-0.4, -0.2) is 48.3 Å². The van der Waals surface area contributed by atoms with E-state index in [9.17, 15) is 4.79 Å². The number of fused-ring (bicyclic) bond motifs is 2. The van der Waals surface area contributed by atoms with E-state index in [2.05, 4.69) is 53.4 Å². The molecule has 2 N–H and O–H groups in total. The second-order valence-corrected chi connectivity index (χ2v) is 9.44. The van der Waals surface area contributed by atoms with Crippen LogP contribution in [-0.2, 0) is 26.1 Å². The highest BCUT2D eigenvalue weighted by atomic mass is 16.1. The molecule has 0 spiro atoms. The molecule has 1 aromatic carbocycles. The van der Waals surface area contributed by atoms with Crippen molar-refractivity contribution in [3.63, 3.8) is 0 Å². The standard InChI is InChI=1S/C27H34N8O/c1-5-33(18(3)4)17-22-8-7-9-24(30-22)35-25-23(26(36)34(35)6-2)16-29-27(32-25)31-21-11-10-20-15-28-13-12-19(20)14-21/h7-11,14,16,18,28H,5-6,12-13,15,17H2,1-4H3,(H,29,31,32). The van der Waals surface area contributed by atoms with Crippen LogP contribution in [0.4, 0.5) is 11.6 Å². The molecule has 0 radical (unpaired) electrons. The van der Waals surface area contributed by atoms with Crippen molar-refractivity contribution in [1.82, 2.24) is 34.5 Å². The zero-order chi connectivity index (χ0) is 25.2. The summed E-state index contributed by atoms with van der Waals surface area (Å²) < 4.78 is 3.49. The Hall–Kier alpha value is -3.56. The quantitative estimate of drug-likeness (QED) is 0.393. The van der Waals surface area contributed by atoms with E-state index in [4.69, 9.17) is 9.97 Å². The van der Waals surface area contributed by atoms with Crippen LogP contribution in [0.5, 0.6) is 0 Å². The van der Waals surface area contributed by atoms with Gasteiger partial charge in [-0.05, 0) is 75.7 Å². The van der Waals surface area contributed by atoms with E-state index in [0.29, 0.717) is 35.4 Å². The van der Waals surface area contributed by atoms with Gasteiger partial charge in [0.25, 0.3) is 5.56 Å².